The third kappa shape index (κ3) is 4.82. The Hall–Kier alpha value is -2.04. The van der Waals surface area contributed by atoms with Gasteiger partial charge < -0.3 is 4.74 Å². The quantitative estimate of drug-likeness (QED) is 0.704. The lowest BCUT2D eigenvalue weighted by Crippen LogP contribution is -2.35. The standard InChI is InChI=1S/C17H22N4O4S2/c1-2-14(25-13-9-5-3-6-10-13)15(22)18-16-19-20-17(26-16)27(23,24)21-11-7-4-8-12-21/h3,5-6,9-10,14H,2,4,7-8,11-12H2,1H3,(H,18,19,22)/t14-/m0/s1. The number of ether oxygens (including phenoxy) is 1. The minimum absolute atomic E-state index is 0.100. The Morgan fingerprint density at radius 1 is 1.22 bits per heavy atom. The summed E-state index contributed by atoms with van der Waals surface area (Å²) < 4.78 is 32.2. The molecule has 1 aromatic carbocycles. The van der Waals surface area contributed by atoms with E-state index in [0.717, 1.165) is 30.6 Å². The van der Waals surface area contributed by atoms with Gasteiger partial charge in [0, 0.05) is 13.1 Å². The van der Waals surface area contributed by atoms with Crippen molar-refractivity contribution in [2.24, 2.45) is 0 Å². The average Bonchev–Trinajstić information content (AvgIpc) is 3.17. The van der Waals surface area contributed by atoms with Crippen molar-refractivity contribution in [3.63, 3.8) is 0 Å². The summed E-state index contributed by atoms with van der Waals surface area (Å²) in [5, 5.41) is 10.3. The van der Waals surface area contributed by atoms with Crippen LogP contribution in [-0.2, 0) is 14.8 Å². The largest absolute Gasteiger partial charge is 0.481 e. The number of nitrogens with zero attached hydrogens (tertiary/aromatic N) is 3. The van der Waals surface area contributed by atoms with E-state index in [-0.39, 0.29) is 15.4 Å². The van der Waals surface area contributed by atoms with Gasteiger partial charge >= 0.3 is 0 Å². The van der Waals surface area contributed by atoms with Crippen LogP contribution in [0.1, 0.15) is 32.6 Å². The first-order valence-corrected chi connectivity index (χ1v) is 11.1. The zero-order chi connectivity index (χ0) is 19.3. The second-order valence-corrected chi connectivity index (χ2v) is 9.24. The highest BCUT2D eigenvalue weighted by molar-refractivity contribution is 7.91. The number of anilines is 1. The molecule has 3 rings (SSSR count). The van der Waals surface area contributed by atoms with Crippen LogP contribution in [0.3, 0.4) is 0 Å². The van der Waals surface area contributed by atoms with Gasteiger partial charge in [-0.1, -0.05) is 42.9 Å². The number of benzene rings is 1. The average molecular weight is 411 g/mol. The number of rotatable bonds is 7. The molecule has 0 unspecified atom stereocenters. The van der Waals surface area contributed by atoms with E-state index >= 15 is 0 Å². The molecule has 2 aromatic rings. The van der Waals surface area contributed by atoms with Crippen LogP contribution >= 0.6 is 11.3 Å². The maximum atomic E-state index is 12.6. The molecule has 8 nitrogen and oxygen atoms in total. The first-order valence-electron chi connectivity index (χ1n) is 8.87. The molecule has 1 aromatic heterocycles. The number of carbonyl (C=O) groups excluding carboxylic acids is 1. The van der Waals surface area contributed by atoms with Crippen LogP contribution in [0.15, 0.2) is 34.7 Å². The number of hydrogen-bond donors (Lipinski definition) is 1. The Bertz CT molecular complexity index is 864. The van der Waals surface area contributed by atoms with Crippen LogP contribution in [0, 0.1) is 0 Å². The van der Waals surface area contributed by atoms with Crippen LogP contribution < -0.4 is 10.1 Å². The molecule has 0 saturated carbocycles. The Balaban J connectivity index is 1.66. The molecule has 1 aliphatic heterocycles. The molecule has 1 N–H and O–H groups in total. The normalized spacial score (nSPS) is 16.6. The maximum Gasteiger partial charge on any atom is 0.272 e. The van der Waals surface area contributed by atoms with Crippen molar-refractivity contribution in [2.75, 3.05) is 18.4 Å². The van der Waals surface area contributed by atoms with E-state index < -0.39 is 16.1 Å². The fourth-order valence-electron chi connectivity index (χ4n) is 2.75. The Kier molecular flexibility index (Phi) is 6.40. The van der Waals surface area contributed by atoms with Crippen LogP contribution in [-0.4, -0.2) is 48.0 Å². The van der Waals surface area contributed by atoms with Crippen molar-refractivity contribution in [3.8, 4) is 5.75 Å². The molecular weight excluding hydrogens is 388 g/mol. The summed E-state index contributed by atoms with van der Waals surface area (Å²) in [5.41, 5.74) is 0. The molecule has 10 heteroatoms. The van der Waals surface area contributed by atoms with Crippen LogP contribution in [0.5, 0.6) is 5.75 Å². The number of carbonyl (C=O) groups is 1. The van der Waals surface area contributed by atoms with Gasteiger partial charge in [-0.25, -0.2) is 8.42 Å². The number of sulfonamides is 1. The number of piperidine rings is 1. The summed E-state index contributed by atoms with van der Waals surface area (Å²) in [4.78, 5) is 12.5. The molecule has 1 atom stereocenters. The highest BCUT2D eigenvalue weighted by Gasteiger charge is 2.30. The van der Waals surface area contributed by atoms with Gasteiger partial charge in [0.15, 0.2) is 6.10 Å². The van der Waals surface area contributed by atoms with Crippen molar-refractivity contribution >= 4 is 32.4 Å². The molecule has 1 amide bonds. The van der Waals surface area contributed by atoms with Gasteiger partial charge in [0.1, 0.15) is 5.75 Å². The molecule has 1 aliphatic rings. The molecule has 0 spiro atoms. The van der Waals surface area contributed by atoms with Crippen LogP contribution in [0.25, 0.3) is 0 Å². The molecule has 0 radical (unpaired) electrons. The Labute approximate surface area is 162 Å². The van der Waals surface area contributed by atoms with Gasteiger partial charge in [0.05, 0.1) is 0 Å². The maximum absolute atomic E-state index is 12.6. The number of nitrogens with one attached hydrogen (secondary N) is 1. The van der Waals surface area contributed by atoms with Gasteiger partial charge in [-0.3, -0.25) is 10.1 Å². The van der Waals surface area contributed by atoms with Crippen molar-refractivity contribution in [1.29, 1.82) is 0 Å². The fraction of sp³-hybridized carbons (Fsp3) is 0.471. The highest BCUT2D eigenvalue weighted by atomic mass is 32.2. The smallest absolute Gasteiger partial charge is 0.272 e. The van der Waals surface area contributed by atoms with Crippen molar-refractivity contribution in [3.05, 3.63) is 30.3 Å². The van der Waals surface area contributed by atoms with E-state index in [1.165, 1.54) is 4.31 Å². The molecule has 2 heterocycles. The van der Waals surface area contributed by atoms with E-state index in [2.05, 4.69) is 15.5 Å². The number of aromatic nitrogens is 2. The third-order valence-corrected chi connectivity index (χ3v) is 7.28. The molecule has 1 saturated heterocycles. The monoisotopic (exact) mass is 410 g/mol. The van der Waals surface area contributed by atoms with Crippen molar-refractivity contribution in [2.45, 2.75) is 43.1 Å². The SMILES string of the molecule is CC[C@H](Oc1ccccc1)C(=O)Nc1nnc(S(=O)(=O)N2CCCCC2)s1. The zero-order valence-electron chi connectivity index (χ0n) is 15.0. The zero-order valence-corrected chi connectivity index (χ0v) is 16.6. The predicted molar refractivity (Wildman–Crippen MR) is 102 cm³/mol. The summed E-state index contributed by atoms with van der Waals surface area (Å²) in [6.07, 6.45) is 2.47. The molecule has 1 fully saturated rings. The van der Waals surface area contributed by atoms with Gasteiger partial charge in [-0.15, -0.1) is 10.2 Å². The minimum Gasteiger partial charge on any atom is -0.481 e. The highest BCUT2D eigenvalue weighted by Crippen LogP contribution is 2.26. The summed E-state index contributed by atoms with van der Waals surface area (Å²) in [5.74, 6) is 0.199. The minimum atomic E-state index is -3.66. The summed E-state index contributed by atoms with van der Waals surface area (Å²) in [7, 11) is -3.66. The first kappa shape index (κ1) is 19.7. The van der Waals surface area contributed by atoms with Crippen molar-refractivity contribution in [1.82, 2.24) is 14.5 Å². The van der Waals surface area contributed by atoms with E-state index in [4.69, 9.17) is 4.74 Å². The first-order chi connectivity index (χ1) is 13.0. The molecular formula is C17H22N4O4S2. The van der Waals surface area contributed by atoms with E-state index in [1.54, 1.807) is 12.1 Å². The lowest BCUT2D eigenvalue weighted by molar-refractivity contribution is -0.122. The van der Waals surface area contributed by atoms with Gasteiger partial charge in [-0.2, -0.15) is 4.31 Å². The summed E-state index contributed by atoms with van der Waals surface area (Å²) >= 11 is 0.857. The van der Waals surface area contributed by atoms with E-state index in [0.29, 0.717) is 25.3 Å². The van der Waals surface area contributed by atoms with Crippen LogP contribution in [0.2, 0.25) is 0 Å². The number of amides is 1. The summed E-state index contributed by atoms with van der Waals surface area (Å²) in [6.45, 7) is 2.82. The lowest BCUT2D eigenvalue weighted by Gasteiger charge is -2.24. The topological polar surface area (TPSA) is 101 Å². The predicted octanol–water partition coefficient (Wildman–Crippen LogP) is 2.51. The Morgan fingerprint density at radius 2 is 1.93 bits per heavy atom. The van der Waals surface area contributed by atoms with Gasteiger partial charge in [0.2, 0.25) is 9.47 Å². The van der Waals surface area contributed by atoms with Crippen molar-refractivity contribution < 1.29 is 17.9 Å². The molecule has 0 bridgehead atoms. The number of hydrogen-bond acceptors (Lipinski definition) is 7. The molecule has 146 valence electrons. The lowest BCUT2D eigenvalue weighted by atomic mass is 10.2. The van der Waals surface area contributed by atoms with E-state index in [1.807, 2.05) is 25.1 Å². The second kappa shape index (κ2) is 8.77. The van der Waals surface area contributed by atoms with Crippen LogP contribution in [0.4, 0.5) is 5.13 Å². The third-order valence-electron chi connectivity index (χ3n) is 4.20. The van der Waals surface area contributed by atoms with E-state index in [9.17, 15) is 13.2 Å². The molecule has 27 heavy (non-hydrogen) atoms. The molecule has 0 aliphatic carbocycles. The van der Waals surface area contributed by atoms with Gasteiger partial charge in [0.25, 0.3) is 15.9 Å². The Morgan fingerprint density at radius 3 is 2.59 bits per heavy atom. The fourth-order valence-corrected chi connectivity index (χ4v) is 5.31. The van der Waals surface area contributed by atoms with Gasteiger partial charge in [-0.05, 0) is 31.4 Å². The summed E-state index contributed by atoms with van der Waals surface area (Å²) in [6, 6.07) is 9.04. The number of para-hydroxylation sites is 1. The second-order valence-electron chi connectivity index (χ2n) is 6.15.